The van der Waals surface area contributed by atoms with Crippen molar-refractivity contribution in [3.05, 3.63) is 53.2 Å². The molecule has 3 fully saturated rings. The van der Waals surface area contributed by atoms with Crippen molar-refractivity contribution in [2.75, 3.05) is 43.0 Å². The number of aryl methyl sites for hydroxylation is 1. The average Bonchev–Trinajstić information content (AvgIpc) is 3.66. The summed E-state index contributed by atoms with van der Waals surface area (Å²) < 4.78 is 0. The number of aromatic nitrogens is 1. The van der Waals surface area contributed by atoms with Gasteiger partial charge in [-0.15, -0.1) is 0 Å². The molecule has 0 radical (unpaired) electrons. The molecule has 2 aromatic rings. The van der Waals surface area contributed by atoms with Crippen molar-refractivity contribution < 1.29 is 14.4 Å². The first kappa shape index (κ1) is 21.4. The first-order chi connectivity index (χ1) is 15.8. The van der Waals surface area contributed by atoms with E-state index in [-0.39, 0.29) is 17.8 Å². The Balaban J connectivity index is 1.22. The molecule has 2 aliphatic heterocycles. The maximum Gasteiger partial charge on any atom is 0.331 e. The third-order valence-corrected chi connectivity index (χ3v) is 6.95. The van der Waals surface area contributed by atoms with Crippen LogP contribution in [-0.4, -0.2) is 71.9 Å². The molecule has 0 N–H and O–H groups in total. The van der Waals surface area contributed by atoms with E-state index in [0.717, 1.165) is 23.8 Å². The highest BCUT2D eigenvalue weighted by molar-refractivity contribution is 6.13. The molecule has 3 heterocycles. The monoisotopic (exact) mass is 447 g/mol. The van der Waals surface area contributed by atoms with E-state index in [1.165, 1.54) is 35.9 Å². The number of imide groups is 1. The number of hydrogen-bond acceptors (Lipinski definition) is 5. The van der Waals surface area contributed by atoms with Crippen LogP contribution in [0.2, 0.25) is 0 Å². The lowest BCUT2D eigenvalue weighted by Gasteiger charge is -2.36. The first-order valence-corrected chi connectivity index (χ1v) is 11.6. The van der Waals surface area contributed by atoms with Gasteiger partial charge in [0.15, 0.2) is 0 Å². The highest BCUT2D eigenvalue weighted by Crippen LogP contribution is 2.40. The van der Waals surface area contributed by atoms with Crippen molar-refractivity contribution in [3.63, 3.8) is 0 Å². The maximum absolute atomic E-state index is 13.1. The predicted octanol–water partition coefficient (Wildman–Crippen LogP) is 3.02. The number of piperazine rings is 1. The molecular formula is C25H29N5O3. The molecule has 1 aromatic heterocycles. The Morgan fingerprint density at radius 1 is 1.03 bits per heavy atom. The number of hydrogen-bond donors (Lipinski definition) is 0. The van der Waals surface area contributed by atoms with E-state index < -0.39 is 6.04 Å². The molecule has 1 saturated carbocycles. The fourth-order valence-corrected chi connectivity index (χ4v) is 4.78. The number of amides is 4. The third-order valence-electron chi connectivity index (χ3n) is 6.95. The predicted molar refractivity (Wildman–Crippen MR) is 126 cm³/mol. The molecule has 3 aliphatic rings. The summed E-state index contributed by atoms with van der Waals surface area (Å²) in [5.74, 6) is 1.45. The summed E-state index contributed by atoms with van der Waals surface area (Å²) >= 11 is 0. The van der Waals surface area contributed by atoms with E-state index >= 15 is 0 Å². The zero-order chi connectivity index (χ0) is 23.3. The molecule has 8 nitrogen and oxygen atoms in total. The summed E-state index contributed by atoms with van der Waals surface area (Å²) in [7, 11) is 1.48. The molecule has 172 valence electrons. The lowest BCUT2D eigenvalue weighted by Crippen LogP contribution is -2.49. The Kier molecular flexibility index (Phi) is 5.31. The van der Waals surface area contributed by atoms with Gasteiger partial charge in [0.1, 0.15) is 11.9 Å². The number of carbonyl (C=O) groups is 3. The topological polar surface area (TPSA) is 77.1 Å². The van der Waals surface area contributed by atoms with Crippen molar-refractivity contribution in [1.82, 2.24) is 14.8 Å². The SMILES string of the molecule is Cc1cc(C2CC2)cnc1N1CCN(C(=O)c2ccc(N3C(=O)N(C)C(=O)C3C)cc2)CC1. The summed E-state index contributed by atoms with van der Waals surface area (Å²) in [6.07, 6.45) is 4.55. The summed E-state index contributed by atoms with van der Waals surface area (Å²) in [6, 6.07) is 8.29. The molecule has 0 bridgehead atoms. The van der Waals surface area contributed by atoms with Gasteiger partial charge < -0.3 is 9.80 Å². The molecular weight excluding hydrogens is 418 g/mol. The molecule has 1 unspecified atom stereocenters. The standard InChI is InChI=1S/C25H29N5O3/c1-16-14-20(18-4-5-18)15-26-22(16)28-10-12-29(13-11-28)24(32)19-6-8-21(9-7-19)30-17(2)23(31)27(3)25(30)33/h6-9,14-15,17-18H,4-5,10-13H2,1-3H3. The third kappa shape index (κ3) is 3.83. The second kappa shape index (κ2) is 8.17. The summed E-state index contributed by atoms with van der Waals surface area (Å²) in [5.41, 5.74) is 3.73. The number of pyridine rings is 1. The minimum absolute atomic E-state index is 0.0241. The van der Waals surface area contributed by atoms with Gasteiger partial charge in [0.05, 0.1) is 0 Å². The van der Waals surface area contributed by atoms with Crippen LogP contribution >= 0.6 is 0 Å². The van der Waals surface area contributed by atoms with Crippen LogP contribution in [0.25, 0.3) is 0 Å². The van der Waals surface area contributed by atoms with Gasteiger partial charge in [0, 0.05) is 50.7 Å². The second-order valence-electron chi connectivity index (χ2n) is 9.24. The van der Waals surface area contributed by atoms with E-state index in [2.05, 4.69) is 17.9 Å². The normalized spacial score (nSPS) is 21.2. The lowest BCUT2D eigenvalue weighted by molar-refractivity contribution is -0.125. The van der Waals surface area contributed by atoms with E-state index in [4.69, 9.17) is 4.98 Å². The fraction of sp³-hybridized carbons (Fsp3) is 0.440. The average molecular weight is 448 g/mol. The number of rotatable bonds is 4. The molecule has 2 saturated heterocycles. The quantitative estimate of drug-likeness (QED) is 0.674. The van der Waals surface area contributed by atoms with Crippen LogP contribution in [0.4, 0.5) is 16.3 Å². The van der Waals surface area contributed by atoms with E-state index in [1.54, 1.807) is 31.2 Å². The minimum Gasteiger partial charge on any atom is -0.353 e. The lowest BCUT2D eigenvalue weighted by atomic mass is 10.1. The minimum atomic E-state index is -0.549. The Morgan fingerprint density at radius 3 is 2.24 bits per heavy atom. The number of carbonyl (C=O) groups excluding carboxylic acids is 3. The molecule has 4 amide bonds. The number of anilines is 2. The summed E-state index contributed by atoms with van der Waals surface area (Å²) in [6.45, 7) is 6.58. The highest BCUT2D eigenvalue weighted by atomic mass is 16.2. The van der Waals surface area contributed by atoms with Crippen molar-refractivity contribution >= 4 is 29.4 Å². The molecule has 5 rings (SSSR count). The fourth-order valence-electron chi connectivity index (χ4n) is 4.78. The molecule has 1 aliphatic carbocycles. The molecule has 1 atom stereocenters. The van der Waals surface area contributed by atoms with Gasteiger partial charge in [-0.3, -0.25) is 19.4 Å². The van der Waals surface area contributed by atoms with Gasteiger partial charge in [-0.25, -0.2) is 9.78 Å². The molecule has 0 spiro atoms. The van der Waals surface area contributed by atoms with Crippen molar-refractivity contribution in [2.24, 2.45) is 0 Å². The Bertz CT molecular complexity index is 1100. The van der Waals surface area contributed by atoms with Crippen LogP contribution in [-0.2, 0) is 4.79 Å². The van der Waals surface area contributed by atoms with Gasteiger partial charge in [-0.1, -0.05) is 6.07 Å². The number of likely N-dealkylation sites (N-methyl/N-ethyl adjacent to an activating group) is 1. The van der Waals surface area contributed by atoms with Gasteiger partial charge in [-0.05, 0) is 68.0 Å². The smallest absolute Gasteiger partial charge is 0.331 e. The van der Waals surface area contributed by atoms with Crippen molar-refractivity contribution in [1.29, 1.82) is 0 Å². The van der Waals surface area contributed by atoms with Crippen molar-refractivity contribution in [3.8, 4) is 0 Å². The Labute approximate surface area is 193 Å². The number of urea groups is 1. The maximum atomic E-state index is 13.1. The van der Waals surface area contributed by atoms with E-state index in [0.29, 0.717) is 30.3 Å². The first-order valence-electron chi connectivity index (χ1n) is 11.6. The Morgan fingerprint density at radius 2 is 1.70 bits per heavy atom. The zero-order valence-corrected chi connectivity index (χ0v) is 19.3. The van der Waals surface area contributed by atoms with Crippen molar-refractivity contribution in [2.45, 2.75) is 38.6 Å². The number of nitrogens with zero attached hydrogens (tertiary/aromatic N) is 5. The van der Waals surface area contributed by atoms with Crippen LogP contribution in [0.5, 0.6) is 0 Å². The van der Waals surface area contributed by atoms with Crippen LogP contribution in [0, 0.1) is 6.92 Å². The van der Waals surface area contributed by atoms with Crippen LogP contribution < -0.4 is 9.80 Å². The highest BCUT2D eigenvalue weighted by Gasteiger charge is 2.41. The second-order valence-corrected chi connectivity index (χ2v) is 9.24. The summed E-state index contributed by atoms with van der Waals surface area (Å²) in [4.78, 5) is 48.9. The van der Waals surface area contributed by atoms with Gasteiger partial charge in [0.2, 0.25) is 0 Å². The molecule has 1 aromatic carbocycles. The van der Waals surface area contributed by atoms with Gasteiger partial charge in [-0.2, -0.15) is 0 Å². The Hall–Kier alpha value is -3.42. The van der Waals surface area contributed by atoms with E-state index in [9.17, 15) is 14.4 Å². The van der Waals surface area contributed by atoms with Gasteiger partial charge in [0.25, 0.3) is 11.8 Å². The number of benzene rings is 1. The largest absolute Gasteiger partial charge is 0.353 e. The van der Waals surface area contributed by atoms with Crippen LogP contribution in [0.15, 0.2) is 36.5 Å². The summed E-state index contributed by atoms with van der Waals surface area (Å²) in [5, 5.41) is 0. The van der Waals surface area contributed by atoms with Crippen LogP contribution in [0.3, 0.4) is 0 Å². The molecule has 8 heteroatoms. The molecule has 33 heavy (non-hydrogen) atoms. The van der Waals surface area contributed by atoms with Crippen LogP contribution in [0.1, 0.15) is 47.2 Å². The van der Waals surface area contributed by atoms with Gasteiger partial charge >= 0.3 is 6.03 Å². The van der Waals surface area contributed by atoms with E-state index in [1.807, 2.05) is 11.1 Å². The zero-order valence-electron chi connectivity index (χ0n) is 19.3.